The van der Waals surface area contributed by atoms with Crippen molar-refractivity contribution in [1.29, 1.82) is 0 Å². The molecular formula is C20H17N5O3S. The zero-order valence-corrected chi connectivity index (χ0v) is 16.2. The molecule has 2 aliphatic rings. The van der Waals surface area contributed by atoms with E-state index in [-0.39, 0.29) is 12.5 Å². The molecule has 1 aromatic heterocycles. The molecule has 2 N–H and O–H groups in total. The molecular weight excluding hydrogens is 390 g/mol. The van der Waals surface area contributed by atoms with Crippen LogP contribution in [-0.4, -0.2) is 38.0 Å². The third-order valence-electron chi connectivity index (χ3n) is 5.51. The predicted molar refractivity (Wildman–Crippen MR) is 107 cm³/mol. The van der Waals surface area contributed by atoms with Crippen molar-refractivity contribution in [3.63, 3.8) is 0 Å². The van der Waals surface area contributed by atoms with Gasteiger partial charge in [-0.3, -0.25) is 14.5 Å². The van der Waals surface area contributed by atoms with Crippen LogP contribution in [0.1, 0.15) is 24.0 Å². The first-order chi connectivity index (χ1) is 14.1. The standard InChI is InChI=1S/C20H17N5O3S/c26-16(21-14-8-3-9-15-17(14)24-29-23-15)11-25-18(27)20(22-19(25)28)10-4-6-12-5-1-2-7-13(12)20/h1-3,5,7-9H,4,6,10-11H2,(H,21,26)(H,22,28)/t20-/m1/s1. The number of urea groups is 1. The Hall–Kier alpha value is -3.33. The summed E-state index contributed by atoms with van der Waals surface area (Å²) in [5.74, 6) is -0.839. The maximum Gasteiger partial charge on any atom is 0.325 e. The van der Waals surface area contributed by atoms with Crippen LogP contribution in [0.2, 0.25) is 0 Å². The Labute approximate surface area is 170 Å². The van der Waals surface area contributed by atoms with Gasteiger partial charge in [0.2, 0.25) is 5.91 Å². The van der Waals surface area contributed by atoms with Gasteiger partial charge in [0.1, 0.15) is 23.1 Å². The molecule has 0 bridgehead atoms. The van der Waals surface area contributed by atoms with E-state index in [1.54, 1.807) is 18.2 Å². The molecule has 4 amide bonds. The van der Waals surface area contributed by atoms with E-state index in [0.717, 1.165) is 40.6 Å². The van der Waals surface area contributed by atoms with Gasteiger partial charge in [-0.05, 0) is 42.5 Å². The number of carbonyl (C=O) groups excluding carboxylic acids is 3. The van der Waals surface area contributed by atoms with Crippen LogP contribution in [0.25, 0.3) is 11.0 Å². The lowest BCUT2D eigenvalue weighted by atomic mass is 9.76. The van der Waals surface area contributed by atoms with Crippen molar-refractivity contribution in [3.05, 3.63) is 53.6 Å². The smallest absolute Gasteiger partial charge is 0.323 e. The van der Waals surface area contributed by atoms with Gasteiger partial charge in [-0.1, -0.05) is 30.3 Å². The van der Waals surface area contributed by atoms with E-state index < -0.39 is 17.5 Å². The third kappa shape index (κ3) is 2.77. The minimum Gasteiger partial charge on any atom is -0.323 e. The first-order valence-electron chi connectivity index (χ1n) is 9.32. The highest BCUT2D eigenvalue weighted by Crippen LogP contribution is 2.39. The van der Waals surface area contributed by atoms with Crippen LogP contribution in [0.15, 0.2) is 42.5 Å². The maximum atomic E-state index is 13.3. The van der Waals surface area contributed by atoms with Crippen LogP contribution < -0.4 is 10.6 Å². The highest BCUT2D eigenvalue weighted by atomic mass is 32.1. The first kappa shape index (κ1) is 17.7. The van der Waals surface area contributed by atoms with Gasteiger partial charge in [0.05, 0.1) is 17.4 Å². The Morgan fingerprint density at radius 1 is 1.17 bits per heavy atom. The van der Waals surface area contributed by atoms with Crippen LogP contribution in [0.4, 0.5) is 10.5 Å². The highest BCUT2D eigenvalue weighted by molar-refractivity contribution is 7.00. The van der Waals surface area contributed by atoms with E-state index in [4.69, 9.17) is 0 Å². The number of anilines is 1. The van der Waals surface area contributed by atoms with Crippen molar-refractivity contribution in [2.75, 3.05) is 11.9 Å². The minimum atomic E-state index is -1.08. The van der Waals surface area contributed by atoms with Crippen LogP contribution in [-0.2, 0) is 21.5 Å². The normalized spacial score (nSPS) is 20.8. The number of hydrogen-bond acceptors (Lipinski definition) is 6. The first-order valence-corrected chi connectivity index (χ1v) is 10.1. The molecule has 1 atom stereocenters. The average Bonchev–Trinajstić information content (AvgIpc) is 3.29. The summed E-state index contributed by atoms with van der Waals surface area (Å²) in [7, 11) is 0. The summed E-state index contributed by atoms with van der Waals surface area (Å²) in [5.41, 5.74) is 2.57. The zero-order valence-electron chi connectivity index (χ0n) is 15.3. The number of fused-ring (bicyclic) bond motifs is 3. The summed E-state index contributed by atoms with van der Waals surface area (Å²) >= 11 is 1.06. The molecule has 0 radical (unpaired) electrons. The molecule has 2 aromatic carbocycles. The summed E-state index contributed by atoms with van der Waals surface area (Å²) in [4.78, 5) is 39.5. The fraction of sp³-hybridized carbons (Fsp3) is 0.250. The number of carbonyl (C=O) groups is 3. The summed E-state index contributed by atoms with van der Waals surface area (Å²) < 4.78 is 8.33. The number of nitrogens with zero attached hydrogens (tertiary/aromatic N) is 3. The Bertz CT molecular complexity index is 1160. The fourth-order valence-electron chi connectivity index (χ4n) is 4.20. The molecule has 1 saturated heterocycles. The van der Waals surface area contributed by atoms with E-state index in [9.17, 15) is 14.4 Å². The van der Waals surface area contributed by atoms with E-state index in [1.807, 2.05) is 24.3 Å². The Kier molecular flexibility index (Phi) is 4.06. The van der Waals surface area contributed by atoms with Crippen molar-refractivity contribution in [2.24, 2.45) is 0 Å². The van der Waals surface area contributed by atoms with Crippen molar-refractivity contribution >= 4 is 46.3 Å². The molecule has 3 aromatic rings. The molecule has 5 rings (SSSR count). The number of aromatic nitrogens is 2. The zero-order chi connectivity index (χ0) is 20.0. The van der Waals surface area contributed by atoms with Crippen LogP contribution in [0.5, 0.6) is 0 Å². The predicted octanol–water partition coefficient (Wildman–Crippen LogP) is 2.41. The monoisotopic (exact) mass is 407 g/mol. The number of benzene rings is 2. The Balaban J connectivity index is 1.39. The van der Waals surface area contributed by atoms with Gasteiger partial charge in [0.15, 0.2) is 0 Å². The SMILES string of the molecule is O=C(CN1C(=O)N[C@@]2(CCCc3ccccc32)C1=O)Nc1cccc2nsnc12. The molecule has 146 valence electrons. The fourth-order valence-corrected chi connectivity index (χ4v) is 4.75. The van der Waals surface area contributed by atoms with Crippen molar-refractivity contribution in [3.8, 4) is 0 Å². The highest BCUT2D eigenvalue weighted by Gasteiger charge is 2.54. The quantitative estimate of drug-likeness (QED) is 0.649. The van der Waals surface area contributed by atoms with Crippen molar-refractivity contribution < 1.29 is 14.4 Å². The molecule has 0 unspecified atom stereocenters. The van der Waals surface area contributed by atoms with Crippen LogP contribution in [0.3, 0.4) is 0 Å². The molecule has 0 saturated carbocycles. The molecule has 2 heterocycles. The number of nitrogens with one attached hydrogen (secondary N) is 2. The maximum absolute atomic E-state index is 13.3. The molecule has 8 nitrogen and oxygen atoms in total. The minimum absolute atomic E-state index is 0.359. The lowest BCUT2D eigenvalue weighted by Gasteiger charge is -2.33. The van der Waals surface area contributed by atoms with E-state index >= 15 is 0 Å². The summed E-state index contributed by atoms with van der Waals surface area (Å²) in [6.07, 6.45) is 2.19. The van der Waals surface area contributed by atoms with Gasteiger partial charge in [0.25, 0.3) is 5.91 Å². The summed E-state index contributed by atoms with van der Waals surface area (Å²) in [6, 6.07) is 12.4. The van der Waals surface area contributed by atoms with E-state index in [2.05, 4.69) is 19.4 Å². The number of aryl methyl sites for hydroxylation is 1. The summed E-state index contributed by atoms with van der Waals surface area (Å²) in [5, 5.41) is 5.60. The number of hydrogen-bond donors (Lipinski definition) is 2. The second-order valence-electron chi connectivity index (χ2n) is 7.22. The van der Waals surface area contributed by atoms with Gasteiger partial charge in [0, 0.05) is 0 Å². The molecule has 1 fully saturated rings. The number of amides is 4. The third-order valence-corrected chi connectivity index (χ3v) is 6.06. The average molecular weight is 407 g/mol. The van der Waals surface area contributed by atoms with Crippen LogP contribution >= 0.6 is 11.7 Å². The Morgan fingerprint density at radius 3 is 2.93 bits per heavy atom. The van der Waals surface area contributed by atoms with Gasteiger partial charge in [-0.2, -0.15) is 8.75 Å². The topological polar surface area (TPSA) is 104 Å². The molecule has 1 spiro atoms. The second kappa shape index (κ2) is 6.63. The second-order valence-corrected chi connectivity index (χ2v) is 7.75. The largest absolute Gasteiger partial charge is 0.325 e. The number of imide groups is 1. The van der Waals surface area contributed by atoms with Gasteiger partial charge in [-0.15, -0.1) is 0 Å². The van der Waals surface area contributed by atoms with Gasteiger partial charge >= 0.3 is 6.03 Å². The molecule has 1 aliphatic carbocycles. The lowest BCUT2D eigenvalue weighted by molar-refractivity contribution is -0.134. The molecule has 29 heavy (non-hydrogen) atoms. The Morgan fingerprint density at radius 2 is 2.03 bits per heavy atom. The van der Waals surface area contributed by atoms with E-state index in [0.29, 0.717) is 23.1 Å². The molecule has 9 heteroatoms. The number of rotatable bonds is 3. The van der Waals surface area contributed by atoms with E-state index in [1.165, 1.54) is 0 Å². The summed E-state index contributed by atoms with van der Waals surface area (Å²) in [6.45, 7) is -0.359. The van der Waals surface area contributed by atoms with Gasteiger partial charge < -0.3 is 10.6 Å². The van der Waals surface area contributed by atoms with Crippen molar-refractivity contribution in [1.82, 2.24) is 19.0 Å². The van der Waals surface area contributed by atoms with Crippen LogP contribution in [0, 0.1) is 0 Å². The lowest BCUT2D eigenvalue weighted by Crippen LogP contribution is -2.47. The molecule has 1 aliphatic heterocycles. The van der Waals surface area contributed by atoms with Gasteiger partial charge in [-0.25, -0.2) is 4.79 Å². The van der Waals surface area contributed by atoms with Crippen molar-refractivity contribution in [2.45, 2.75) is 24.8 Å².